The van der Waals surface area contributed by atoms with Gasteiger partial charge in [0.1, 0.15) is 0 Å². The SMILES string of the molecule is CC[C@H](N)CCCCB(O)O. The number of rotatable bonds is 6. The van der Waals surface area contributed by atoms with E-state index in [2.05, 4.69) is 6.92 Å². The molecule has 0 saturated carbocycles. The molecular formula is C7H18BNO2. The zero-order valence-corrected chi connectivity index (χ0v) is 7.16. The second-order valence-corrected chi connectivity index (χ2v) is 2.93. The molecule has 0 aromatic heterocycles. The second-order valence-electron chi connectivity index (χ2n) is 2.93. The lowest BCUT2D eigenvalue weighted by atomic mass is 9.83. The Morgan fingerprint density at radius 2 is 2.00 bits per heavy atom. The lowest BCUT2D eigenvalue weighted by Gasteiger charge is -2.06. The van der Waals surface area contributed by atoms with Crippen molar-refractivity contribution in [1.82, 2.24) is 0 Å². The molecule has 0 heterocycles. The second kappa shape index (κ2) is 6.64. The van der Waals surface area contributed by atoms with Crippen LogP contribution >= 0.6 is 0 Å². The van der Waals surface area contributed by atoms with Gasteiger partial charge in [-0.15, -0.1) is 0 Å². The first-order valence-corrected chi connectivity index (χ1v) is 4.28. The number of unbranched alkanes of at least 4 members (excludes halogenated alkanes) is 1. The molecule has 0 aromatic carbocycles. The maximum atomic E-state index is 8.50. The predicted molar refractivity (Wildman–Crippen MR) is 47.1 cm³/mol. The van der Waals surface area contributed by atoms with Crippen molar-refractivity contribution in [3.05, 3.63) is 0 Å². The van der Waals surface area contributed by atoms with Crippen LogP contribution < -0.4 is 5.73 Å². The highest BCUT2D eigenvalue weighted by molar-refractivity contribution is 6.40. The summed E-state index contributed by atoms with van der Waals surface area (Å²) in [6, 6.07) is 0.283. The van der Waals surface area contributed by atoms with Gasteiger partial charge in [0.2, 0.25) is 0 Å². The van der Waals surface area contributed by atoms with Gasteiger partial charge in [-0.1, -0.05) is 19.8 Å². The minimum Gasteiger partial charge on any atom is -0.427 e. The van der Waals surface area contributed by atoms with Gasteiger partial charge < -0.3 is 15.8 Å². The highest BCUT2D eigenvalue weighted by Crippen LogP contribution is 2.05. The molecular weight excluding hydrogens is 141 g/mol. The molecule has 0 aliphatic carbocycles. The van der Waals surface area contributed by atoms with E-state index in [9.17, 15) is 0 Å². The van der Waals surface area contributed by atoms with Crippen molar-refractivity contribution in [3.63, 3.8) is 0 Å². The predicted octanol–water partition coefficient (Wildman–Crippen LogP) is 0.367. The first kappa shape index (κ1) is 10.9. The zero-order chi connectivity index (χ0) is 8.69. The number of nitrogens with two attached hydrogens (primary N) is 1. The summed E-state index contributed by atoms with van der Waals surface area (Å²) in [5.74, 6) is 0. The molecule has 0 aliphatic heterocycles. The van der Waals surface area contributed by atoms with Crippen molar-refractivity contribution in [2.75, 3.05) is 0 Å². The molecule has 0 amide bonds. The van der Waals surface area contributed by atoms with Gasteiger partial charge >= 0.3 is 7.12 Å². The standard InChI is InChI=1S/C7H18BNO2/c1-2-7(9)5-3-4-6-8(10)11/h7,10-11H,2-6,9H2,1H3/t7-/m0/s1. The van der Waals surface area contributed by atoms with Gasteiger partial charge in [-0.3, -0.25) is 0 Å². The van der Waals surface area contributed by atoms with Crippen LogP contribution in [0.5, 0.6) is 0 Å². The quantitative estimate of drug-likeness (QED) is 0.387. The molecule has 0 fully saturated rings. The third-order valence-electron chi connectivity index (χ3n) is 1.81. The third-order valence-corrected chi connectivity index (χ3v) is 1.81. The van der Waals surface area contributed by atoms with E-state index in [1.165, 1.54) is 0 Å². The minimum atomic E-state index is -1.15. The summed E-state index contributed by atoms with van der Waals surface area (Å²) < 4.78 is 0. The Kier molecular flexibility index (Phi) is 6.61. The molecule has 0 saturated heterocycles. The molecule has 1 atom stereocenters. The molecule has 0 spiro atoms. The molecule has 3 nitrogen and oxygen atoms in total. The Labute approximate surface area is 68.7 Å². The number of hydrogen-bond acceptors (Lipinski definition) is 3. The van der Waals surface area contributed by atoms with Gasteiger partial charge in [-0.05, 0) is 19.2 Å². The van der Waals surface area contributed by atoms with Crippen LogP contribution in [-0.4, -0.2) is 23.2 Å². The maximum absolute atomic E-state index is 8.50. The zero-order valence-electron chi connectivity index (χ0n) is 7.16. The molecule has 4 N–H and O–H groups in total. The summed E-state index contributed by atoms with van der Waals surface area (Å²) in [5.41, 5.74) is 5.66. The average molecular weight is 159 g/mol. The van der Waals surface area contributed by atoms with Crippen LogP contribution in [0.2, 0.25) is 6.32 Å². The van der Waals surface area contributed by atoms with E-state index in [1.54, 1.807) is 0 Å². The molecule has 0 rings (SSSR count). The molecule has 0 aromatic rings. The molecule has 11 heavy (non-hydrogen) atoms. The summed E-state index contributed by atoms with van der Waals surface area (Å²) >= 11 is 0. The Bertz CT molecular complexity index is 90.5. The van der Waals surface area contributed by atoms with Crippen LogP contribution in [0.1, 0.15) is 32.6 Å². The van der Waals surface area contributed by atoms with E-state index in [1.807, 2.05) is 0 Å². The topological polar surface area (TPSA) is 66.5 Å². The fourth-order valence-electron chi connectivity index (χ4n) is 0.938. The maximum Gasteiger partial charge on any atom is 0.451 e. The van der Waals surface area contributed by atoms with Gasteiger partial charge in [0.15, 0.2) is 0 Å². The van der Waals surface area contributed by atoms with Crippen LogP contribution in [0.25, 0.3) is 0 Å². The highest BCUT2D eigenvalue weighted by atomic mass is 16.4. The fourth-order valence-corrected chi connectivity index (χ4v) is 0.938. The summed E-state index contributed by atoms with van der Waals surface area (Å²) in [4.78, 5) is 0. The van der Waals surface area contributed by atoms with Crippen LogP contribution in [0, 0.1) is 0 Å². The van der Waals surface area contributed by atoms with Crippen molar-refractivity contribution in [3.8, 4) is 0 Å². The van der Waals surface area contributed by atoms with E-state index in [-0.39, 0.29) is 6.04 Å². The van der Waals surface area contributed by atoms with E-state index in [4.69, 9.17) is 15.8 Å². The molecule has 4 heteroatoms. The van der Waals surface area contributed by atoms with Crippen molar-refractivity contribution in [2.24, 2.45) is 5.73 Å². The van der Waals surface area contributed by atoms with Crippen LogP contribution in [0.4, 0.5) is 0 Å². The highest BCUT2D eigenvalue weighted by Gasteiger charge is 2.05. The minimum absolute atomic E-state index is 0.283. The van der Waals surface area contributed by atoms with Gasteiger partial charge in [0, 0.05) is 6.04 Å². The average Bonchev–Trinajstić information content (AvgIpc) is 1.97. The van der Waals surface area contributed by atoms with Crippen LogP contribution in [-0.2, 0) is 0 Å². The normalized spacial score (nSPS) is 13.1. The Morgan fingerprint density at radius 3 is 2.45 bits per heavy atom. The van der Waals surface area contributed by atoms with Crippen LogP contribution in [0.15, 0.2) is 0 Å². The molecule has 0 bridgehead atoms. The molecule has 66 valence electrons. The fraction of sp³-hybridized carbons (Fsp3) is 1.00. The molecule has 0 radical (unpaired) electrons. The van der Waals surface area contributed by atoms with Gasteiger partial charge in [0.25, 0.3) is 0 Å². The monoisotopic (exact) mass is 159 g/mol. The van der Waals surface area contributed by atoms with E-state index in [0.717, 1.165) is 25.7 Å². The third kappa shape index (κ3) is 7.85. The summed E-state index contributed by atoms with van der Waals surface area (Å²) in [7, 11) is -1.15. The largest absolute Gasteiger partial charge is 0.451 e. The van der Waals surface area contributed by atoms with Gasteiger partial charge in [-0.2, -0.15) is 0 Å². The Morgan fingerprint density at radius 1 is 1.36 bits per heavy atom. The van der Waals surface area contributed by atoms with Gasteiger partial charge in [0.05, 0.1) is 0 Å². The Hall–Kier alpha value is -0.0551. The first-order chi connectivity index (χ1) is 5.16. The van der Waals surface area contributed by atoms with Crippen molar-refractivity contribution in [2.45, 2.75) is 45.0 Å². The van der Waals surface area contributed by atoms with E-state index >= 15 is 0 Å². The smallest absolute Gasteiger partial charge is 0.427 e. The summed E-state index contributed by atoms with van der Waals surface area (Å²) in [5, 5.41) is 17.0. The van der Waals surface area contributed by atoms with Crippen molar-refractivity contribution in [1.29, 1.82) is 0 Å². The van der Waals surface area contributed by atoms with Crippen molar-refractivity contribution >= 4 is 7.12 Å². The first-order valence-electron chi connectivity index (χ1n) is 4.28. The lowest BCUT2D eigenvalue weighted by Crippen LogP contribution is -2.18. The lowest BCUT2D eigenvalue weighted by molar-refractivity contribution is 0.400. The van der Waals surface area contributed by atoms with E-state index < -0.39 is 7.12 Å². The van der Waals surface area contributed by atoms with Crippen molar-refractivity contribution < 1.29 is 10.0 Å². The van der Waals surface area contributed by atoms with Gasteiger partial charge in [-0.25, -0.2) is 0 Å². The van der Waals surface area contributed by atoms with Crippen LogP contribution in [0.3, 0.4) is 0 Å². The summed E-state index contributed by atoms with van der Waals surface area (Å²) in [6.45, 7) is 2.06. The number of hydrogen-bond donors (Lipinski definition) is 3. The Balaban J connectivity index is 3.01. The van der Waals surface area contributed by atoms with E-state index in [0.29, 0.717) is 6.32 Å². The molecule has 0 unspecified atom stereocenters. The summed E-state index contributed by atoms with van der Waals surface area (Å²) in [6.07, 6.45) is 4.30. The molecule has 0 aliphatic rings.